The molecular weight excluding hydrogens is 296 g/mol. The van der Waals surface area contributed by atoms with Crippen molar-refractivity contribution in [1.29, 1.82) is 0 Å². The van der Waals surface area contributed by atoms with Crippen molar-refractivity contribution >= 4 is 23.3 Å². The summed E-state index contributed by atoms with van der Waals surface area (Å²) in [5.41, 5.74) is -0.462. The number of ether oxygens (including phenoxy) is 2. The Morgan fingerprint density at radius 1 is 1.22 bits per heavy atom. The smallest absolute Gasteiger partial charge is 0.408 e. The second kappa shape index (κ2) is 5.95. The Morgan fingerprint density at radius 2 is 1.91 bits per heavy atom. The van der Waals surface area contributed by atoms with E-state index in [1.165, 1.54) is 0 Å². The number of hydrogen-bond donors (Lipinski definition) is 2. The zero-order chi connectivity index (χ0) is 17.3. The van der Waals surface area contributed by atoms with Crippen LogP contribution in [0.1, 0.15) is 33.4 Å². The lowest BCUT2D eigenvalue weighted by Gasteiger charge is -2.26. The van der Waals surface area contributed by atoms with Gasteiger partial charge in [-0.05, 0) is 45.9 Å². The molecule has 6 heteroatoms. The van der Waals surface area contributed by atoms with Gasteiger partial charge in [0.2, 0.25) is 0 Å². The summed E-state index contributed by atoms with van der Waals surface area (Å²) in [7, 11) is 1.59. The second-order valence-corrected chi connectivity index (χ2v) is 6.58. The predicted octanol–water partition coefficient (Wildman–Crippen LogP) is 3.12. The van der Waals surface area contributed by atoms with Gasteiger partial charge in [0.05, 0.1) is 7.11 Å². The average Bonchev–Trinajstić information content (AvgIpc) is 2.88. The maximum atomic E-state index is 12.0. The minimum Gasteiger partial charge on any atom is -0.497 e. The van der Waals surface area contributed by atoms with Crippen LogP contribution in [0.2, 0.25) is 0 Å². The molecule has 1 heterocycles. The highest BCUT2D eigenvalue weighted by Gasteiger charge is 2.32. The number of fused-ring (bicyclic) bond motifs is 1. The first-order valence-corrected chi connectivity index (χ1v) is 7.31. The second-order valence-electron chi connectivity index (χ2n) is 6.58. The summed E-state index contributed by atoms with van der Waals surface area (Å²) < 4.78 is 10.4. The lowest BCUT2D eigenvalue weighted by Crippen LogP contribution is -2.47. The number of aromatic amines is 1. The highest BCUT2D eigenvalue weighted by molar-refractivity contribution is 5.85. The summed E-state index contributed by atoms with van der Waals surface area (Å²) in [4.78, 5) is 26.8. The number of benzene rings is 1. The predicted molar refractivity (Wildman–Crippen MR) is 87.6 cm³/mol. The molecular formula is C17H22N2O4. The van der Waals surface area contributed by atoms with Crippen molar-refractivity contribution in [3.05, 3.63) is 30.0 Å². The van der Waals surface area contributed by atoms with Crippen molar-refractivity contribution in [3.63, 3.8) is 0 Å². The highest BCUT2D eigenvalue weighted by Crippen LogP contribution is 2.26. The van der Waals surface area contributed by atoms with E-state index < -0.39 is 17.2 Å². The topological polar surface area (TPSA) is 80.4 Å². The average molecular weight is 318 g/mol. The van der Waals surface area contributed by atoms with E-state index >= 15 is 0 Å². The van der Waals surface area contributed by atoms with Gasteiger partial charge in [-0.3, -0.25) is 0 Å². The zero-order valence-electron chi connectivity index (χ0n) is 14.0. The third kappa shape index (κ3) is 3.83. The molecule has 0 aliphatic carbocycles. The molecule has 0 aliphatic heterocycles. The van der Waals surface area contributed by atoms with E-state index in [9.17, 15) is 9.59 Å². The molecule has 1 atom stereocenters. The van der Waals surface area contributed by atoms with Crippen LogP contribution >= 0.6 is 0 Å². The normalized spacial score (nSPS) is 14.1. The van der Waals surface area contributed by atoms with Gasteiger partial charge in [-0.2, -0.15) is 0 Å². The van der Waals surface area contributed by atoms with E-state index in [-0.39, 0.29) is 0 Å². The van der Waals surface area contributed by atoms with Crippen LogP contribution in [0.3, 0.4) is 0 Å². The standard InChI is InChI=1S/C17H22N2O4/c1-16(2,3)23-15(21)19-17(4,10-20)14-8-11-6-7-12(22-5)9-13(11)18-14/h6-10,18H,1-5H3,(H,19,21). The van der Waals surface area contributed by atoms with Crippen LogP contribution in [0.5, 0.6) is 5.75 Å². The highest BCUT2D eigenvalue weighted by atomic mass is 16.6. The Morgan fingerprint density at radius 3 is 2.48 bits per heavy atom. The fourth-order valence-corrected chi connectivity index (χ4v) is 2.19. The van der Waals surface area contributed by atoms with Crippen LogP contribution in [0.4, 0.5) is 4.79 Å². The molecule has 0 saturated carbocycles. The third-order valence-corrected chi connectivity index (χ3v) is 3.39. The number of methoxy groups -OCH3 is 1. The number of carbonyl (C=O) groups is 2. The number of alkyl carbamates (subject to hydrolysis) is 1. The van der Waals surface area contributed by atoms with Crippen LogP contribution in [0.25, 0.3) is 10.9 Å². The van der Waals surface area contributed by atoms with E-state index in [0.717, 1.165) is 10.9 Å². The molecule has 1 aromatic carbocycles. The maximum Gasteiger partial charge on any atom is 0.408 e. The summed E-state index contributed by atoms with van der Waals surface area (Å²) in [6.07, 6.45) is 0.0297. The van der Waals surface area contributed by atoms with Gasteiger partial charge in [-0.1, -0.05) is 0 Å². The van der Waals surface area contributed by atoms with Gasteiger partial charge in [0.1, 0.15) is 16.9 Å². The maximum absolute atomic E-state index is 12.0. The van der Waals surface area contributed by atoms with Gasteiger partial charge in [-0.25, -0.2) is 4.79 Å². The van der Waals surface area contributed by atoms with Gasteiger partial charge in [0, 0.05) is 22.7 Å². The molecule has 2 aromatic rings. The first-order valence-electron chi connectivity index (χ1n) is 7.31. The number of H-pyrrole nitrogens is 1. The lowest BCUT2D eigenvalue weighted by molar-refractivity contribution is -0.113. The first kappa shape index (κ1) is 16.9. The number of hydrogen-bond acceptors (Lipinski definition) is 4. The number of amides is 1. The number of carbonyl (C=O) groups excluding carboxylic acids is 2. The van der Waals surface area contributed by atoms with Gasteiger partial charge >= 0.3 is 6.09 Å². The SMILES string of the molecule is COc1ccc2cc(C(C)(C=O)NC(=O)OC(C)(C)C)[nH]c2c1. The minimum absolute atomic E-state index is 0.571. The molecule has 0 fully saturated rings. The number of aldehydes is 1. The molecule has 0 saturated heterocycles. The fraction of sp³-hybridized carbons (Fsp3) is 0.412. The van der Waals surface area contributed by atoms with Gasteiger partial charge in [0.25, 0.3) is 0 Å². The molecule has 2 rings (SSSR count). The van der Waals surface area contributed by atoms with Gasteiger partial charge < -0.3 is 24.6 Å². The number of aromatic nitrogens is 1. The van der Waals surface area contributed by atoms with Crippen LogP contribution in [0.15, 0.2) is 24.3 Å². The molecule has 2 N–H and O–H groups in total. The van der Waals surface area contributed by atoms with Crippen molar-refractivity contribution in [1.82, 2.24) is 10.3 Å². The summed E-state index contributed by atoms with van der Waals surface area (Å²) in [5, 5.41) is 3.53. The van der Waals surface area contributed by atoms with Crippen LogP contribution < -0.4 is 10.1 Å². The number of nitrogens with one attached hydrogen (secondary N) is 2. The lowest BCUT2D eigenvalue weighted by atomic mass is 10.0. The summed E-state index contributed by atoms with van der Waals surface area (Å²) in [6.45, 7) is 6.91. The van der Waals surface area contributed by atoms with E-state index in [1.807, 2.05) is 24.3 Å². The molecule has 124 valence electrons. The van der Waals surface area contributed by atoms with E-state index in [4.69, 9.17) is 9.47 Å². The Kier molecular flexibility index (Phi) is 4.36. The van der Waals surface area contributed by atoms with E-state index in [1.54, 1.807) is 34.8 Å². The Balaban J connectivity index is 2.32. The Bertz CT molecular complexity index is 730. The minimum atomic E-state index is -1.21. The Labute approximate surface area is 135 Å². The summed E-state index contributed by atoms with van der Waals surface area (Å²) >= 11 is 0. The molecule has 1 amide bonds. The summed E-state index contributed by atoms with van der Waals surface area (Å²) in [5.74, 6) is 0.707. The van der Waals surface area contributed by atoms with Crippen LogP contribution in [-0.2, 0) is 15.1 Å². The van der Waals surface area contributed by atoms with Crippen molar-refractivity contribution in [2.24, 2.45) is 0 Å². The quantitative estimate of drug-likeness (QED) is 0.849. The molecule has 0 bridgehead atoms. The van der Waals surface area contributed by atoms with Crippen LogP contribution in [-0.4, -0.2) is 30.1 Å². The largest absolute Gasteiger partial charge is 0.497 e. The molecule has 0 radical (unpaired) electrons. The van der Waals surface area contributed by atoms with Crippen molar-refractivity contribution in [2.75, 3.05) is 7.11 Å². The molecule has 1 aromatic heterocycles. The van der Waals surface area contributed by atoms with Crippen molar-refractivity contribution in [2.45, 2.75) is 38.8 Å². The van der Waals surface area contributed by atoms with Crippen molar-refractivity contribution < 1.29 is 19.1 Å². The molecule has 0 spiro atoms. The summed E-state index contributed by atoms with van der Waals surface area (Å²) in [6, 6.07) is 7.37. The van der Waals surface area contributed by atoms with Crippen LogP contribution in [0, 0.1) is 0 Å². The molecule has 0 aliphatic rings. The Hall–Kier alpha value is -2.50. The van der Waals surface area contributed by atoms with Crippen molar-refractivity contribution in [3.8, 4) is 5.75 Å². The van der Waals surface area contributed by atoms with Gasteiger partial charge in [0.15, 0.2) is 6.29 Å². The van der Waals surface area contributed by atoms with E-state index in [0.29, 0.717) is 17.7 Å². The fourth-order valence-electron chi connectivity index (χ4n) is 2.19. The zero-order valence-corrected chi connectivity index (χ0v) is 14.0. The molecule has 23 heavy (non-hydrogen) atoms. The third-order valence-electron chi connectivity index (χ3n) is 3.39. The monoisotopic (exact) mass is 318 g/mol. The van der Waals surface area contributed by atoms with E-state index in [2.05, 4.69) is 10.3 Å². The van der Waals surface area contributed by atoms with Gasteiger partial charge in [-0.15, -0.1) is 0 Å². The number of rotatable bonds is 4. The molecule has 1 unspecified atom stereocenters. The molecule has 6 nitrogen and oxygen atoms in total. The first-order chi connectivity index (χ1) is 10.7.